The van der Waals surface area contributed by atoms with Crippen molar-refractivity contribution in [3.05, 3.63) is 35.9 Å². The monoisotopic (exact) mass is 322 g/mol. The van der Waals surface area contributed by atoms with Gasteiger partial charge in [-0.05, 0) is 19.1 Å². The molecule has 6 heteroatoms. The van der Waals surface area contributed by atoms with E-state index in [0.29, 0.717) is 25.2 Å². The van der Waals surface area contributed by atoms with Crippen molar-refractivity contribution >= 4 is 12.3 Å². The van der Waals surface area contributed by atoms with Gasteiger partial charge in [0.2, 0.25) is 5.79 Å². The Morgan fingerprint density at radius 3 is 2.52 bits per heavy atom. The smallest absolute Gasteiger partial charge is 0.338 e. The summed E-state index contributed by atoms with van der Waals surface area (Å²) in [4.78, 5) is 23.1. The molecule has 2 atom stereocenters. The highest BCUT2D eigenvalue weighted by molar-refractivity contribution is 5.89. The number of benzene rings is 1. The van der Waals surface area contributed by atoms with Gasteiger partial charge in [-0.25, -0.2) is 4.79 Å². The van der Waals surface area contributed by atoms with Crippen molar-refractivity contribution in [2.24, 2.45) is 0 Å². The Bertz CT molecular complexity index is 509. The molecule has 1 aromatic rings. The summed E-state index contributed by atoms with van der Waals surface area (Å²) in [5.74, 6) is -1.50. The van der Waals surface area contributed by atoms with Crippen LogP contribution in [0.25, 0.3) is 0 Å². The van der Waals surface area contributed by atoms with Gasteiger partial charge in [-0.1, -0.05) is 18.2 Å². The van der Waals surface area contributed by atoms with Gasteiger partial charge < -0.3 is 23.7 Å². The number of hydrogen-bond donors (Lipinski definition) is 0. The molecule has 1 saturated heterocycles. The molecule has 1 aromatic carbocycles. The van der Waals surface area contributed by atoms with Crippen LogP contribution < -0.4 is 0 Å². The number of hydrogen-bond acceptors (Lipinski definition) is 6. The average Bonchev–Trinajstić information content (AvgIpc) is 3.02. The Balaban J connectivity index is 2.12. The first-order valence-corrected chi connectivity index (χ1v) is 7.59. The third kappa shape index (κ3) is 4.60. The van der Waals surface area contributed by atoms with E-state index < -0.39 is 17.9 Å². The van der Waals surface area contributed by atoms with Gasteiger partial charge in [0.25, 0.3) is 0 Å². The van der Waals surface area contributed by atoms with E-state index in [9.17, 15) is 9.59 Å². The Morgan fingerprint density at radius 2 is 1.96 bits per heavy atom. The van der Waals surface area contributed by atoms with E-state index >= 15 is 0 Å². The maximum atomic E-state index is 12.3. The van der Waals surface area contributed by atoms with Crippen molar-refractivity contribution in [1.29, 1.82) is 0 Å². The molecule has 0 aromatic heterocycles. The van der Waals surface area contributed by atoms with Crippen LogP contribution in [0.15, 0.2) is 30.3 Å². The summed E-state index contributed by atoms with van der Waals surface area (Å²) in [6.07, 6.45) is 0.257. The van der Waals surface area contributed by atoms with Crippen molar-refractivity contribution in [3.8, 4) is 0 Å². The zero-order chi connectivity index (χ0) is 16.7. The lowest BCUT2D eigenvalue weighted by Crippen LogP contribution is -2.45. The second-order valence-electron chi connectivity index (χ2n) is 5.47. The van der Waals surface area contributed by atoms with E-state index in [1.807, 2.05) is 6.07 Å². The van der Waals surface area contributed by atoms with E-state index in [-0.39, 0.29) is 12.5 Å². The minimum absolute atomic E-state index is 0.214. The van der Waals surface area contributed by atoms with E-state index in [4.69, 9.17) is 18.9 Å². The second kappa shape index (κ2) is 8.19. The molecule has 0 N–H and O–H groups in total. The van der Waals surface area contributed by atoms with E-state index in [0.717, 1.165) is 6.29 Å². The Kier molecular flexibility index (Phi) is 6.27. The molecule has 6 nitrogen and oxygen atoms in total. The van der Waals surface area contributed by atoms with Crippen LogP contribution in [-0.2, 0) is 23.7 Å². The van der Waals surface area contributed by atoms with Crippen LogP contribution in [0.4, 0.5) is 0 Å². The fourth-order valence-corrected chi connectivity index (χ4v) is 2.49. The third-order valence-electron chi connectivity index (χ3n) is 3.87. The highest BCUT2D eigenvalue weighted by atomic mass is 16.8. The molecular weight excluding hydrogens is 300 g/mol. The predicted octanol–water partition coefficient (Wildman–Crippen LogP) is 1.97. The zero-order valence-corrected chi connectivity index (χ0v) is 13.4. The van der Waals surface area contributed by atoms with Crippen molar-refractivity contribution < 1.29 is 28.5 Å². The number of ether oxygens (including phenoxy) is 4. The first-order chi connectivity index (χ1) is 11.1. The number of carbonyl (C=O) groups excluding carboxylic acids is 2. The van der Waals surface area contributed by atoms with Crippen molar-refractivity contribution in [2.45, 2.75) is 37.8 Å². The highest BCUT2D eigenvalue weighted by Gasteiger charge is 2.43. The topological polar surface area (TPSA) is 71.1 Å². The number of methoxy groups -OCH3 is 1. The molecule has 1 fully saturated rings. The minimum Gasteiger partial charge on any atom is -0.453 e. The van der Waals surface area contributed by atoms with Crippen molar-refractivity contribution in [3.63, 3.8) is 0 Å². The molecule has 0 bridgehead atoms. The maximum absolute atomic E-state index is 12.3. The lowest BCUT2D eigenvalue weighted by molar-refractivity contribution is -0.214. The number of carbonyl (C=O) groups is 2. The van der Waals surface area contributed by atoms with Gasteiger partial charge in [0.15, 0.2) is 6.10 Å². The Labute approximate surface area is 135 Å². The van der Waals surface area contributed by atoms with Crippen LogP contribution in [-0.4, -0.2) is 50.6 Å². The summed E-state index contributed by atoms with van der Waals surface area (Å²) in [5, 5.41) is 0. The summed E-state index contributed by atoms with van der Waals surface area (Å²) >= 11 is 0. The summed E-state index contributed by atoms with van der Waals surface area (Å²) in [6.45, 7) is 2.60. The fourth-order valence-electron chi connectivity index (χ4n) is 2.49. The Morgan fingerprint density at radius 1 is 1.30 bits per heavy atom. The summed E-state index contributed by atoms with van der Waals surface area (Å²) in [6, 6.07) is 8.71. The molecular formula is C17H22O6. The van der Waals surface area contributed by atoms with Gasteiger partial charge >= 0.3 is 5.97 Å². The largest absolute Gasteiger partial charge is 0.453 e. The minimum atomic E-state index is -1.04. The lowest BCUT2D eigenvalue weighted by atomic mass is 10.0. The number of aldehydes is 1. The Hall–Kier alpha value is -1.76. The second-order valence-corrected chi connectivity index (χ2v) is 5.47. The van der Waals surface area contributed by atoms with Gasteiger partial charge in [0.05, 0.1) is 24.9 Å². The van der Waals surface area contributed by atoms with Gasteiger partial charge in [-0.3, -0.25) is 0 Å². The van der Waals surface area contributed by atoms with Crippen LogP contribution in [0.1, 0.15) is 30.1 Å². The first kappa shape index (κ1) is 17.6. The predicted molar refractivity (Wildman–Crippen MR) is 82.0 cm³/mol. The fraction of sp³-hybridized carbons (Fsp3) is 0.529. The van der Waals surface area contributed by atoms with E-state index in [1.165, 1.54) is 7.11 Å². The summed E-state index contributed by atoms with van der Waals surface area (Å²) in [7, 11) is 1.52. The third-order valence-corrected chi connectivity index (χ3v) is 3.87. The zero-order valence-electron chi connectivity index (χ0n) is 13.4. The molecule has 1 heterocycles. The highest BCUT2D eigenvalue weighted by Crippen LogP contribution is 2.29. The summed E-state index contributed by atoms with van der Waals surface area (Å²) in [5.41, 5.74) is 0.448. The quantitative estimate of drug-likeness (QED) is 0.538. The number of esters is 1. The molecule has 0 spiro atoms. The van der Waals surface area contributed by atoms with Gasteiger partial charge in [0.1, 0.15) is 6.29 Å². The van der Waals surface area contributed by atoms with Crippen molar-refractivity contribution in [2.75, 3.05) is 20.3 Å². The molecule has 0 saturated carbocycles. The summed E-state index contributed by atoms with van der Waals surface area (Å²) < 4.78 is 22.1. The molecule has 23 heavy (non-hydrogen) atoms. The van der Waals surface area contributed by atoms with Crippen LogP contribution in [0.5, 0.6) is 0 Å². The molecule has 2 rings (SSSR count). The van der Waals surface area contributed by atoms with E-state index in [1.54, 1.807) is 31.2 Å². The van der Waals surface area contributed by atoms with Crippen LogP contribution in [0.2, 0.25) is 0 Å². The van der Waals surface area contributed by atoms with Crippen molar-refractivity contribution in [1.82, 2.24) is 0 Å². The van der Waals surface area contributed by atoms with Crippen LogP contribution in [0.3, 0.4) is 0 Å². The van der Waals surface area contributed by atoms with Gasteiger partial charge in [-0.15, -0.1) is 0 Å². The van der Waals surface area contributed by atoms with Crippen LogP contribution in [0, 0.1) is 0 Å². The molecule has 1 aliphatic heterocycles. The first-order valence-electron chi connectivity index (χ1n) is 7.59. The van der Waals surface area contributed by atoms with Crippen LogP contribution >= 0.6 is 0 Å². The normalized spacial score (nSPS) is 19.0. The standard InChI is InChI=1S/C17H22O6/c1-17(21-10-11-22-17)15(12-14(20-2)8-9-18)23-16(19)13-6-4-3-5-7-13/h3-7,9,14-15H,8,10-12H2,1-2H3/t14?,15-/m0/s1. The molecule has 1 aliphatic rings. The maximum Gasteiger partial charge on any atom is 0.338 e. The molecule has 126 valence electrons. The molecule has 0 radical (unpaired) electrons. The SMILES string of the molecule is COC(CC=O)C[C@H](OC(=O)c1ccccc1)C1(C)OCCO1. The molecule has 1 unspecified atom stereocenters. The lowest BCUT2D eigenvalue weighted by Gasteiger charge is -2.33. The molecule has 0 aliphatic carbocycles. The van der Waals surface area contributed by atoms with Gasteiger partial charge in [0, 0.05) is 20.0 Å². The molecule has 0 amide bonds. The average molecular weight is 322 g/mol. The number of rotatable bonds is 8. The van der Waals surface area contributed by atoms with E-state index in [2.05, 4.69) is 0 Å². The van der Waals surface area contributed by atoms with Gasteiger partial charge in [-0.2, -0.15) is 0 Å².